The largest absolute Gasteiger partial charge is 0.489 e. The number of rotatable bonds is 5. The number of fused-ring (bicyclic) bond motifs is 1. The third-order valence-corrected chi connectivity index (χ3v) is 6.63. The minimum atomic E-state index is -1.48. The van der Waals surface area contributed by atoms with Gasteiger partial charge in [-0.3, -0.25) is 4.79 Å². The van der Waals surface area contributed by atoms with E-state index in [2.05, 4.69) is 19.1 Å². The van der Waals surface area contributed by atoms with Gasteiger partial charge in [0, 0.05) is 24.1 Å². The smallest absolute Gasteiger partial charge is 0.253 e. The maximum Gasteiger partial charge on any atom is 0.253 e. The Balaban J connectivity index is 1.54. The van der Waals surface area contributed by atoms with E-state index in [-0.39, 0.29) is 24.3 Å². The summed E-state index contributed by atoms with van der Waals surface area (Å²) in [5.74, 6) is 0.245. The highest BCUT2D eigenvalue weighted by Crippen LogP contribution is 2.51. The average molecular weight is 462 g/mol. The van der Waals surface area contributed by atoms with Crippen LogP contribution in [0.5, 0.6) is 5.75 Å². The van der Waals surface area contributed by atoms with Crippen molar-refractivity contribution in [2.45, 2.75) is 38.5 Å². The second-order valence-electron chi connectivity index (χ2n) is 9.49. The fraction of sp³-hybridized carbons (Fsp3) is 0.480. The molecule has 0 radical (unpaired) electrons. The van der Waals surface area contributed by atoms with E-state index in [1.807, 2.05) is 23.1 Å². The van der Waals surface area contributed by atoms with Crippen LogP contribution in [0.25, 0.3) is 0 Å². The van der Waals surface area contributed by atoms with Crippen molar-refractivity contribution in [1.82, 2.24) is 4.90 Å². The van der Waals surface area contributed by atoms with Gasteiger partial charge in [-0.15, -0.1) is 0 Å². The third kappa shape index (κ3) is 4.36. The van der Waals surface area contributed by atoms with Crippen molar-refractivity contribution in [3.8, 4) is 5.75 Å². The first-order valence-electron chi connectivity index (χ1n) is 10.8. The number of benzene rings is 2. The van der Waals surface area contributed by atoms with E-state index in [0.717, 1.165) is 5.56 Å². The van der Waals surface area contributed by atoms with Crippen LogP contribution in [0.4, 0.5) is 4.39 Å². The maximum atomic E-state index is 13.7. The molecule has 172 valence electrons. The van der Waals surface area contributed by atoms with E-state index in [9.17, 15) is 9.18 Å². The van der Waals surface area contributed by atoms with Crippen molar-refractivity contribution in [3.05, 3.63) is 64.7 Å². The summed E-state index contributed by atoms with van der Waals surface area (Å²) < 4.78 is 31.1. The minimum Gasteiger partial charge on any atom is -0.489 e. The Morgan fingerprint density at radius 2 is 2.00 bits per heavy atom. The normalized spacial score (nSPS) is 25.8. The van der Waals surface area contributed by atoms with Gasteiger partial charge in [0.05, 0.1) is 11.6 Å². The molecule has 4 rings (SSSR count). The third-order valence-electron chi connectivity index (χ3n) is 6.33. The molecule has 0 spiro atoms. The molecule has 2 heterocycles. The lowest BCUT2D eigenvalue weighted by Crippen LogP contribution is -2.63. The Morgan fingerprint density at radius 3 is 2.69 bits per heavy atom. The molecule has 0 saturated carbocycles. The first-order valence-corrected chi connectivity index (χ1v) is 11.2. The summed E-state index contributed by atoms with van der Waals surface area (Å²) in [6.45, 7) is 6.65. The zero-order valence-corrected chi connectivity index (χ0v) is 19.5. The van der Waals surface area contributed by atoms with Crippen LogP contribution in [0.2, 0.25) is 5.02 Å². The molecule has 0 aliphatic carbocycles. The van der Waals surface area contributed by atoms with Crippen molar-refractivity contribution in [2.75, 3.05) is 33.1 Å². The van der Waals surface area contributed by atoms with Crippen LogP contribution in [0.1, 0.15) is 43.1 Å². The SMILES string of the molecule is CC(C)(F)COc1ccc(C(=O)N2CCC3(c4ccccc4)OCOCC3(C)C2)cc1Cl. The molecule has 2 aromatic carbocycles. The zero-order chi connectivity index (χ0) is 23.0. The molecule has 2 saturated heterocycles. The summed E-state index contributed by atoms with van der Waals surface area (Å²) in [6, 6.07) is 15.0. The summed E-state index contributed by atoms with van der Waals surface area (Å²) in [4.78, 5) is 15.2. The second-order valence-corrected chi connectivity index (χ2v) is 9.90. The van der Waals surface area contributed by atoms with Crippen LogP contribution in [0, 0.1) is 5.41 Å². The number of halogens is 2. The van der Waals surface area contributed by atoms with Crippen molar-refractivity contribution in [3.63, 3.8) is 0 Å². The molecule has 2 aliphatic heterocycles. The lowest BCUT2D eigenvalue weighted by Gasteiger charge is -2.56. The van der Waals surface area contributed by atoms with Crippen LogP contribution in [0.3, 0.4) is 0 Å². The second kappa shape index (κ2) is 8.65. The molecule has 2 aromatic rings. The van der Waals surface area contributed by atoms with E-state index in [1.165, 1.54) is 13.8 Å². The Labute approximate surface area is 193 Å². The molecule has 2 unspecified atom stereocenters. The molecule has 1 amide bonds. The highest BCUT2D eigenvalue weighted by molar-refractivity contribution is 6.32. The number of piperidine rings is 1. The van der Waals surface area contributed by atoms with E-state index < -0.39 is 16.7 Å². The fourth-order valence-corrected chi connectivity index (χ4v) is 4.91. The van der Waals surface area contributed by atoms with Crippen molar-refractivity contribution < 1.29 is 23.4 Å². The van der Waals surface area contributed by atoms with E-state index in [1.54, 1.807) is 18.2 Å². The number of ether oxygens (including phenoxy) is 3. The number of carbonyl (C=O) groups is 1. The number of hydrogen-bond acceptors (Lipinski definition) is 4. The van der Waals surface area contributed by atoms with Crippen molar-refractivity contribution in [2.24, 2.45) is 5.41 Å². The summed E-state index contributed by atoms with van der Waals surface area (Å²) in [6.07, 6.45) is 0.670. The number of likely N-dealkylation sites (tertiary alicyclic amines) is 1. The highest BCUT2D eigenvalue weighted by atomic mass is 35.5. The van der Waals surface area contributed by atoms with Gasteiger partial charge < -0.3 is 19.1 Å². The van der Waals surface area contributed by atoms with Gasteiger partial charge in [-0.2, -0.15) is 0 Å². The van der Waals surface area contributed by atoms with Gasteiger partial charge in [-0.05, 0) is 44.0 Å². The molecule has 2 fully saturated rings. The molecule has 2 atom stereocenters. The zero-order valence-electron chi connectivity index (χ0n) is 18.7. The number of hydrogen-bond donors (Lipinski definition) is 0. The number of carbonyl (C=O) groups excluding carboxylic acids is 1. The van der Waals surface area contributed by atoms with E-state index in [4.69, 9.17) is 25.8 Å². The molecule has 0 bridgehead atoms. The lowest BCUT2D eigenvalue weighted by molar-refractivity contribution is -0.284. The Bertz CT molecular complexity index is 980. The van der Waals surface area contributed by atoms with Crippen LogP contribution in [-0.4, -0.2) is 49.6 Å². The molecule has 0 N–H and O–H groups in total. The summed E-state index contributed by atoms with van der Waals surface area (Å²) in [5, 5.41) is 0.284. The minimum absolute atomic E-state index is 0.113. The predicted molar refractivity (Wildman–Crippen MR) is 121 cm³/mol. The molecule has 7 heteroatoms. The predicted octanol–water partition coefficient (Wildman–Crippen LogP) is 5.22. The molecule has 32 heavy (non-hydrogen) atoms. The molecule has 2 aliphatic rings. The van der Waals surface area contributed by atoms with Crippen LogP contribution in [0.15, 0.2) is 48.5 Å². The van der Waals surface area contributed by atoms with E-state index in [0.29, 0.717) is 37.4 Å². The summed E-state index contributed by atoms with van der Waals surface area (Å²) >= 11 is 6.32. The number of alkyl halides is 1. The molecular weight excluding hydrogens is 433 g/mol. The van der Waals surface area contributed by atoms with E-state index >= 15 is 0 Å². The van der Waals surface area contributed by atoms with Gasteiger partial charge in [0.15, 0.2) is 0 Å². The molecule has 0 aromatic heterocycles. The quantitative estimate of drug-likeness (QED) is 0.612. The standard InChI is InChI=1S/C25H29ClFNO4/c1-23(2,27)15-31-21-10-9-18(13-20(21)26)22(29)28-12-11-25(19-7-5-4-6-8-19)24(3,14-28)16-30-17-32-25/h4-10,13H,11-12,14-17H2,1-3H3. The first-order chi connectivity index (χ1) is 15.1. The maximum absolute atomic E-state index is 13.7. The average Bonchev–Trinajstić information content (AvgIpc) is 2.77. The van der Waals surface area contributed by atoms with Gasteiger partial charge in [-0.25, -0.2) is 4.39 Å². The van der Waals surface area contributed by atoms with Gasteiger partial charge >= 0.3 is 0 Å². The first kappa shape index (κ1) is 23.0. The fourth-order valence-electron chi connectivity index (χ4n) is 4.68. The molecular formula is C25H29ClFNO4. The topological polar surface area (TPSA) is 48.0 Å². The number of amides is 1. The van der Waals surface area contributed by atoms with Crippen LogP contribution >= 0.6 is 11.6 Å². The Hall–Kier alpha value is -2.15. The van der Waals surface area contributed by atoms with Gasteiger partial charge in [0.25, 0.3) is 5.91 Å². The van der Waals surface area contributed by atoms with Crippen LogP contribution in [-0.2, 0) is 15.1 Å². The number of nitrogens with zero attached hydrogens (tertiary/aromatic N) is 1. The molecule has 5 nitrogen and oxygen atoms in total. The van der Waals surface area contributed by atoms with Crippen LogP contribution < -0.4 is 4.74 Å². The van der Waals surface area contributed by atoms with Crippen molar-refractivity contribution >= 4 is 17.5 Å². The van der Waals surface area contributed by atoms with Gasteiger partial charge in [-0.1, -0.05) is 48.9 Å². The highest BCUT2D eigenvalue weighted by Gasteiger charge is 2.56. The van der Waals surface area contributed by atoms with Gasteiger partial charge in [0.2, 0.25) is 0 Å². The van der Waals surface area contributed by atoms with Gasteiger partial charge in [0.1, 0.15) is 30.4 Å². The summed E-state index contributed by atoms with van der Waals surface area (Å²) in [7, 11) is 0. The Kier molecular flexibility index (Phi) is 6.23. The monoisotopic (exact) mass is 461 g/mol. The lowest BCUT2D eigenvalue weighted by atomic mass is 9.65. The summed E-state index contributed by atoms with van der Waals surface area (Å²) in [5.41, 5.74) is -0.803. The van der Waals surface area contributed by atoms with Crippen molar-refractivity contribution in [1.29, 1.82) is 0 Å². The Morgan fingerprint density at radius 1 is 1.25 bits per heavy atom.